The topological polar surface area (TPSA) is 35.1 Å². The molecular weight excluding hydrogens is 560 g/mol. The Hall–Kier alpha value is -6.26. The highest BCUT2D eigenvalue weighted by atomic mass is 15.1. The van der Waals surface area contributed by atoms with Gasteiger partial charge in [0.25, 0.3) is 0 Å². The highest BCUT2D eigenvalue weighted by Crippen LogP contribution is 2.48. The monoisotopic (exact) mass is 584 g/mol. The largest absolute Gasteiger partial charge is 0.308 e. The normalized spacial score (nSPS) is 12.3. The Morgan fingerprint density at radius 2 is 1.07 bits per heavy atom. The van der Waals surface area contributed by atoms with E-state index in [1.165, 1.54) is 59.6 Å². The van der Waals surface area contributed by atoms with E-state index >= 15 is 0 Å². The maximum absolute atomic E-state index is 5.44. The first kappa shape index (κ1) is 24.1. The first-order chi connectivity index (χ1) is 22.8. The van der Waals surface area contributed by atoms with Gasteiger partial charge in [0.15, 0.2) is 5.82 Å². The van der Waals surface area contributed by atoms with Crippen molar-refractivity contribution in [3.8, 4) is 17.1 Å². The molecule has 4 nitrogen and oxygen atoms in total. The van der Waals surface area contributed by atoms with E-state index in [1.807, 2.05) is 12.1 Å². The van der Waals surface area contributed by atoms with E-state index in [2.05, 4.69) is 142 Å². The van der Waals surface area contributed by atoms with Crippen molar-refractivity contribution in [1.29, 1.82) is 0 Å². The zero-order valence-corrected chi connectivity index (χ0v) is 24.6. The molecule has 7 aromatic carbocycles. The summed E-state index contributed by atoms with van der Waals surface area (Å²) in [6.07, 6.45) is 0. The van der Waals surface area contributed by atoms with Crippen LogP contribution >= 0.6 is 0 Å². The smallest absolute Gasteiger partial charge is 0.165 e. The summed E-state index contributed by atoms with van der Waals surface area (Å²) in [5, 5.41) is 9.91. The van der Waals surface area contributed by atoms with Gasteiger partial charge in [-0.3, -0.25) is 4.57 Å². The summed E-state index contributed by atoms with van der Waals surface area (Å²) >= 11 is 0. The van der Waals surface area contributed by atoms with Crippen LogP contribution in [0.2, 0.25) is 0 Å². The summed E-state index contributed by atoms with van der Waals surface area (Å²) in [5.41, 5.74) is 9.68. The van der Waals surface area contributed by atoms with Gasteiger partial charge in [0, 0.05) is 43.3 Å². The number of benzene rings is 7. The standard InChI is InChI=1S/C42H24N4/c1-2-13-26(14-3-1)39-42(44-33-19-9-8-18-32(33)43-39)46-36-24-31-28-16-6-10-20-34(28)45-35-21-11-7-17-29(35)38(41(31)45)37(36)30-23-22-25-12-4-5-15-27(25)40(30)46/h1-24H. The van der Waals surface area contributed by atoms with E-state index in [0.29, 0.717) is 0 Å². The zero-order valence-electron chi connectivity index (χ0n) is 24.6. The molecule has 46 heavy (non-hydrogen) atoms. The first-order valence-corrected chi connectivity index (χ1v) is 15.7. The SMILES string of the molecule is c1ccc(-c2nc3ccccc3nc2-n2c3cc4c5ccccc5n5c6ccccc6c(c3c3ccc6ccccc6c32)c45)cc1. The van der Waals surface area contributed by atoms with Crippen LogP contribution in [0.5, 0.6) is 0 Å². The molecule has 11 rings (SSSR count). The van der Waals surface area contributed by atoms with Gasteiger partial charge in [-0.1, -0.05) is 115 Å². The van der Waals surface area contributed by atoms with Crippen molar-refractivity contribution in [2.24, 2.45) is 0 Å². The summed E-state index contributed by atoms with van der Waals surface area (Å²) in [4.78, 5) is 10.7. The van der Waals surface area contributed by atoms with Gasteiger partial charge in [0.2, 0.25) is 0 Å². The molecule has 0 aliphatic carbocycles. The van der Waals surface area contributed by atoms with Crippen molar-refractivity contribution >= 4 is 81.7 Å². The zero-order chi connectivity index (χ0) is 29.9. The molecule has 0 fully saturated rings. The van der Waals surface area contributed by atoms with Crippen LogP contribution < -0.4 is 0 Å². The van der Waals surface area contributed by atoms with Gasteiger partial charge in [-0.25, -0.2) is 9.97 Å². The molecule has 0 bridgehead atoms. The second-order valence-electron chi connectivity index (χ2n) is 12.2. The minimum Gasteiger partial charge on any atom is -0.308 e. The van der Waals surface area contributed by atoms with Gasteiger partial charge in [-0.15, -0.1) is 0 Å². The summed E-state index contributed by atoms with van der Waals surface area (Å²) < 4.78 is 4.86. The molecule has 0 radical (unpaired) electrons. The van der Waals surface area contributed by atoms with E-state index in [1.54, 1.807) is 0 Å². The second-order valence-corrected chi connectivity index (χ2v) is 12.2. The van der Waals surface area contributed by atoms with Gasteiger partial charge in [0.1, 0.15) is 5.69 Å². The number of aromatic nitrogens is 4. The molecule has 4 heterocycles. The number of fused-ring (bicyclic) bond motifs is 13. The van der Waals surface area contributed by atoms with E-state index in [9.17, 15) is 0 Å². The predicted octanol–water partition coefficient (Wildman–Crippen LogP) is 10.7. The molecule has 0 spiro atoms. The van der Waals surface area contributed by atoms with E-state index < -0.39 is 0 Å². The first-order valence-electron chi connectivity index (χ1n) is 15.7. The van der Waals surface area contributed by atoms with E-state index in [-0.39, 0.29) is 0 Å². The number of para-hydroxylation sites is 4. The van der Waals surface area contributed by atoms with Crippen molar-refractivity contribution in [3.05, 3.63) is 146 Å². The van der Waals surface area contributed by atoms with Gasteiger partial charge >= 0.3 is 0 Å². The summed E-state index contributed by atoms with van der Waals surface area (Å²) in [6, 6.07) is 52.0. The summed E-state index contributed by atoms with van der Waals surface area (Å²) in [6.45, 7) is 0. The van der Waals surface area contributed by atoms with Crippen LogP contribution in [-0.4, -0.2) is 18.9 Å². The van der Waals surface area contributed by atoms with Crippen LogP contribution in [0.3, 0.4) is 0 Å². The lowest BCUT2D eigenvalue weighted by Gasteiger charge is -2.14. The van der Waals surface area contributed by atoms with Crippen LogP contribution in [0, 0.1) is 0 Å². The average Bonchev–Trinajstić information content (AvgIpc) is 3.76. The predicted molar refractivity (Wildman–Crippen MR) is 191 cm³/mol. The molecule has 0 aliphatic heterocycles. The average molecular weight is 585 g/mol. The Labute approximate surface area is 262 Å². The fourth-order valence-electron chi connectivity index (χ4n) is 7.93. The van der Waals surface area contributed by atoms with Gasteiger partial charge in [-0.2, -0.15) is 0 Å². The van der Waals surface area contributed by atoms with Crippen LogP contribution in [0.4, 0.5) is 0 Å². The molecule has 0 unspecified atom stereocenters. The van der Waals surface area contributed by atoms with Crippen molar-refractivity contribution in [1.82, 2.24) is 18.9 Å². The molecule has 0 N–H and O–H groups in total. The van der Waals surface area contributed by atoms with Gasteiger partial charge in [0.05, 0.1) is 38.6 Å². The molecule has 0 atom stereocenters. The molecule has 0 saturated heterocycles. The van der Waals surface area contributed by atoms with E-state index in [0.717, 1.165) is 39.1 Å². The third-order valence-electron chi connectivity index (χ3n) is 9.80. The highest BCUT2D eigenvalue weighted by molar-refractivity contribution is 6.37. The van der Waals surface area contributed by atoms with Crippen LogP contribution in [0.15, 0.2) is 146 Å². The fraction of sp³-hybridized carbons (Fsp3) is 0. The van der Waals surface area contributed by atoms with Crippen LogP contribution in [0.25, 0.3) is 98.8 Å². The molecule has 4 heteroatoms. The summed E-state index contributed by atoms with van der Waals surface area (Å²) in [7, 11) is 0. The molecule has 212 valence electrons. The fourth-order valence-corrected chi connectivity index (χ4v) is 7.93. The Kier molecular flexibility index (Phi) is 4.55. The number of rotatable bonds is 2. The Morgan fingerprint density at radius 1 is 0.413 bits per heavy atom. The minimum absolute atomic E-state index is 0.836. The van der Waals surface area contributed by atoms with Gasteiger partial charge < -0.3 is 4.40 Å². The Bertz CT molecular complexity index is 3020. The maximum Gasteiger partial charge on any atom is 0.165 e. The Balaban J connectivity index is 1.46. The lowest BCUT2D eigenvalue weighted by molar-refractivity contribution is 1.08. The lowest BCUT2D eigenvalue weighted by atomic mass is 10.0. The van der Waals surface area contributed by atoms with Crippen LogP contribution in [-0.2, 0) is 0 Å². The van der Waals surface area contributed by atoms with E-state index in [4.69, 9.17) is 9.97 Å². The van der Waals surface area contributed by atoms with Crippen LogP contribution in [0.1, 0.15) is 0 Å². The molecular formula is C42H24N4. The van der Waals surface area contributed by atoms with Crippen molar-refractivity contribution < 1.29 is 0 Å². The molecule has 4 aromatic heterocycles. The third-order valence-corrected chi connectivity index (χ3v) is 9.80. The minimum atomic E-state index is 0.836. The molecule has 11 aromatic rings. The molecule has 0 amide bonds. The molecule has 0 saturated carbocycles. The van der Waals surface area contributed by atoms with Gasteiger partial charge in [-0.05, 0) is 35.7 Å². The second kappa shape index (κ2) is 8.68. The highest BCUT2D eigenvalue weighted by Gasteiger charge is 2.26. The number of hydrogen-bond donors (Lipinski definition) is 0. The quantitative estimate of drug-likeness (QED) is 0.203. The maximum atomic E-state index is 5.44. The molecule has 0 aliphatic rings. The van der Waals surface area contributed by atoms with Crippen molar-refractivity contribution in [2.75, 3.05) is 0 Å². The Morgan fingerprint density at radius 3 is 1.89 bits per heavy atom. The van der Waals surface area contributed by atoms with Crippen molar-refractivity contribution in [3.63, 3.8) is 0 Å². The number of nitrogens with zero attached hydrogens (tertiary/aromatic N) is 4. The third kappa shape index (κ3) is 2.98. The summed E-state index contributed by atoms with van der Waals surface area (Å²) in [5.74, 6) is 0.836. The number of hydrogen-bond acceptors (Lipinski definition) is 2. The van der Waals surface area contributed by atoms with Crippen molar-refractivity contribution in [2.45, 2.75) is 0 Å². The lowest BCUT2D eigenvalue weighted by Crippen LogP contribution is -2.04.